The van der Waals surface area contributed by atoms with Gasteiger partial charge in [0.05, 0.1) is 12.2 Å². The van der Waals surface area contributed by atoms with Crippen molar-refractivity contribution in [1.82, 2.24) is 0 Å². The van der Waals surface area contributed by atoms with E-state index in [0.29, 0.717) is 0 Å². The van der Waals surface area contributed by atoms with Gasteiger partial charge in [0, 0.05) is 5.02 Å². The Hall–Kier alpha value is -0.890. The minimum absolute atomic E-state index is 0.112. The van der Waals surface area contributed by atoms with Gasteiger partial charge in [-0.2, -0.15) is 0 Å². The molecule has 1 spiro atoms. The second-order valence-electron chi connectivity index (χ2n) is 3.78. The lowest BCUT2D eigenvalue weighted by molar-refractivity contribution is 0.184. The van der Waals surface area contributed by atoms with Crippen molar-refractivity contribution in [3.05, 3.63) is 23.2 Å². The van der Waals surface area contributed by atoms with Crippen molar-refractivity contribution in [2.45, 2.75) is 18.4 Å². The molecule has 0 aromatic heterocycles. The number of anilines is 1. The zero-order chi connectivity index (χ0) is 8.89. The summed E-state index contributed by atoms with van der Waals surface area (Å²) in [5, 5.41) is 4.10. The Kier molecular flexibility index (Phi) is 1.34. The van der Waals surface area contributed by atoms with Crippen LogP contribution in [0.3, 0.4) is 0 Å². The summed E-state index contributed by atoms with van der Waals surface area (Å²) in [6.45, 7) is 0.917. The van der Waals surface area contributed by atoms with E-state index < -0.39 is 0 Å². The largest absolute Gasteiger partial charge is 0.483 e. The molecular weight excluding hydrogens is 186 g/mol. The molecule has 68 valence electrons. The molecule has 1 aromatic rings. The molecule has 0 bridgehead atoms. The fourth-order valence-electron chi connectivity index (χ4n) is 1.67. The van der Waals surface area contributed by atoms with Gasteiger partial charge >= 0.3 is 0 Å². The zero-order valence-electron chi connectivity index (χ0n) is 7.14. The molecule has 3 rings (SSSR count). The molecule has 1 aliphatic heterocycles. The highest BCUT2D eigenvalue weighted by atomic mass is 35.5. The van der Waals surface area contributed by atoms with Crippen LogP contribution in [0, 0.1) is 0 Å². The molecule has 0 radical (unpaired) electrons. The lowest BCUT2D eigenvalue weighted by Gasteiger charge is -2.27. The molecule has 1 N–H and O–H groups in total. The number of rotatable bonds is 0. The second-order valence-corrected chi connectivity index (χ2v) is 4.22. The fourth-order valence-corrected chi connectivity index (χ4v) is 1.85. The molecule has 13 heavy (non-hydrogen) atoms. The van der Waals surface area contributed by atoms with E-state index in [2.05, 4.69) is 5.32 Å². The monoisotopic (exact) mass is 195 g/mol. The van der Waals surface area contributed by atoms with E-state index in [1.54, 1.807) is 0 Å². The topological polar surface area (TPSA) is 21.3 Å². The number of benzene rings is 1. The lowest BCUT2D eigenvalue weighted by Crippen LogP contribution is -2.32. The van der Waals surface area contributed by atoms with Crippen molar-refractivity contribution >= 4 is 17.3 Å². The average Bonchev–Trinajstić information content (AvgIpc) is 2.87. The fraction of sp³-hybridized carbons (Fsp3) is 0.400. The van der Waals surface area contributed by atoms with Crippen LogP contribution in [0.5, 0.6) is 5.75 Å². The predicted octanol–water partition coefficient (Wildman–Crippen LogP) is 2.68. The van der Waals surface area contributed by atoms with Gasteiger partial charge in [-0.3, -0.25) is 0 Å². The first-order valence-electron chi connectivity index (χ1n) is 4.50. The highest BCUT2D eigenvalue weighted by Gasteiger charge is 2.47. The Bertz CT molecular complexity index is 360. The molecule has 1 aromatic carbocycles. The molecule has 3 heteroatoms. The van der Waals surface area contributed by atoms with Crippen LogP contribution in [-0.4, -0.2) is 12.1 Å². The summed E-state index contributed by atoms with van der Waals surface area (Å²) in [4.78, 5) is 0. The normalized spacial score (nSPS) is 21.6. The van der Waals surface area contributed by atoms with E-state index in [-0.39, 0.29) is 5.60 Å². The van der Waals surface area contributed by atoms with E-state index in [4.69, 9.17) is 16.3 Å². The van der Waals surface area contributed by atoms with Gasteiger partial charge in [-0.05, 0) is 31.0 Å². The number of hydrogen-bond acceptors (Lipinski definition) is 2. The van der Waals surface area contributed by atoms with Crippen LogP contribution in [0.4, 0.5) is 5.69 Å². The van der Waals surface area contributed by atoms with Gasteiger partial charge in [0.25, 0.3) is 0 Å². The summed E-state index contributed by atoms with van der Waals surface area (Å²) in [6, 6.07) is 5.71. The van der Waals surface area contributed by atoms with Gasteiger partial charge in [-0.15, -0.1) is 0 Å². The second kappa shape index (κ2) is 2.32. The Morgan fingerprint density at radius 2 is 2.23 bits per heavy atom. The van der Waals surface area contributed by atoms with Crippen LogP contribution in [0.1, 0.15) is 12.8 Å². The number of halogens is 1. The summed E-state index contributed by atoms with van der Waals surface area (Å²) in [5.74, 6) is 0.938. The number of ether oxygens (including phenoxy) is 1. The molecule has 1 heterocycles. The van der Waals surface area contributed by atoms with Gasteiger partial charge < -0.3 is 10.1 Å². The van der Waals surface area contributed by atoms with Gasteiger partial charge in [0.15, 0.2) is 0 Å². The van der Waals surface area contributed by atoms with Gasteiger partial charge in [0.1, 0.15) is 11.4 Å². The molecule has 1 fully saturated rings. The molecule has 0 amide bonds. The summed E-state index contributed by atoms with van der Waals surface area (Å²) < 4.78 is 5.86. The summed E-state index contributed by atoms with van der Waals surface area (Å²) in [7, 11) is 0. The van der Waals surface area contributed by atoms with E-state index in [1.165, 1.54) is 12.8 Å². The third-order valence-electron chi connectivity index (χ3n) is 2.68. The SMILES string of the molecule is Clc1ccc2c(c1)NCC1(CC1)O2. The van der Waals surface area contributed by atoms with Gasteiger partial charge in [0.2, 0.25) is 0 Å². The first kappa shape index (κ1) is 7.51. The summed E-state index contributed by atoms with van der Waals surface area (Å²) in [5.41, 5.74) is 1.13. The molecule has 0 atom stereocenters. The smallest absolute Gasteiger partial charge is 0.143 e. The number of nitrogens with one attached hydrogen (secondary N) is 1. The average molecular weight is 196 g/mol. The number of fused-ring (bicyclic) bond motifs is 1. The molecule has 1 saturated carbocycles. The lowest BCUT2D eigenvalue weighted by atomic mass is 10.2. The van der Waals surface area contributed by atoms with Gasteiger partial charge in [-0.1, -0.05) is 11.6 Å². The maximum absolute atomic E-state index is 5.87. The maximum atomic E-state index is 5.87. The van der Waals surface area contributed by atoms with Crippen molar-refractivity contribution in [3.8, 4) is 5.75 Å². The molecular formula is C10H10ClNO. The Balaban J connectivity index is 2.00. The molecule has 0 saturated heterocycles. The van der Waals surface area contributed by atoms with E-state index in [1.807, 2.05) is 18.2 Å². The van der Waals surface area contributed by atoms with Crippen LogP contribution in [-0.2, 0) is 0 Å². The first-order valence-corrected chi connectivity index (χ1v) is 4.88. The van der Waals surface area contributed by atoms with Crippen LogP contribution in [0.15, 0.2) is 18.2 Å². The minimum Gasteiger partial charge on any atom is -0.483 e. The first-order chi connectivity index (χ1) is 6.27. The molecule has 0 unspecified atom stereocenters. The van der Waals surface area contributed by atoms with Crippen LogP contribution < -0.4 is 10.1 Å². The van der Waals surface area contributed by atoms with Crippen LogP contribution >= 0.6 is 11.6 Å². The predicted molar refractivity (Wildman–Crippen MR) is 52.5 cm³/mol. The van der Waals surface area contributed by atoms with Crippen molar-refractivity contribution in [2.75, 3.05) is 11.9 Å². The van der Waals surface area contributed by atoms with Crippen LogP contribution in [0.2, 0.25) is 5.02 Å². The van der Waals surface area contributed by atoms with Gasteiger partial charge in [-0.25, -0.2) is 0 Å². The quantitative estimate of drug-likeness (QED) is 0.687. The Labute approximate surface area is 81.8 Å². The van der Waals surface area contributed by atoms with Crippen molar-refractivity contribution < 1.29 is 4.74 Å². The standard InChI is InChI=1S/C10H10ClNO/c11-7-1-2-9-8(5-7)12-6-10(13-9)3-4-10/h1-2,5,12H,3-4,6H2. The summed E-state index contributed by atoms with van der Waals surface area (Å²) >= 11 is 5.87. The Morgan fingerprint density at radius 3 is 3.00 bits per heavy atom. The molecule has 1 aliphatic carbocycles. The minimum atomic E-state index is 0.112. The highest BCUT2D eigenvalue weighted by Crippen LogP contribution is 2.46. The molecule has 2 nitrogen and oxygen atoms in total. The van der Waals surface area contributed by atoms with E-state index in [0.717, 1.165) is 23.0 Å². The highest BCUT2D eigenvalue weighted by molar-refractivity contribution is 6.30. The van der Waals surface area contributed by atoms with E-state index in [9.17, 15) is 0 Å². The third kappa shape index (κ3) is 1.17. The maximum Gasteiger partial charge on any atom is 0.143 e. The third-order valence-corrected chi connectivity index (χ3v) is 2.91. The molecule has 2 aliphatic rings. The number of hydrogen-bond donors (Lipinski definition) is 1. The van der Waals surface area contributed by atoms with Crippen molar-refractivity contribution in [1.29, 1.82) is 0 Å². The van der Waals surface area contributed by atoms with Crippen molar-refractivity contribution in [2.24, 2.45) is 0 Å². The zero-order valence-corrected chi connectivity index (χ0v) is 7.90. The van der Waals surface area contributed by atoms with Crippen LogP contribution in [0.25, 0.3) is 0 Å². The Morgan fingerprint density at radius 1 is 1.38 bits per heavy atom. The summed E-state index contributed by atoms with van der Waals surface area (Å²) in [6.07, 6.45) is 2.34. The van der Waals surface area contributed by atoms with E-state index >= 15 is 0 Å². The van der Waals surface area contributed by atoms with Crippen molar-refractivity contribution in [3.63, 3.8) is 0 Å².